The summed E-state index contributed by atoms with van der Waals surface area (Å²) in [5.41, 5.74) is 2.43. The summed E-state index contributed by atoms with van der Waals surface area (Å²) in [5.74, 6) is 0. The number of nitro groups is 1. The Bertz CT molecular complexity index is 610. The van der Waals surface area contributed by atoms with E-state index in [0.29, 0.717) is 0 Å². The largest absolute Gasteiger partial charge is 0.305 e. The van der Waals surface area contributed by atoms with Crippen molar-refractivity contribution >= 4 is 17.0 Å². The van der Waals surface area contributed by atoms with Gasteiger partial charge in [0.05, 0.1) is 4.92 Å². The van der Waals surface area contributed by atoms with Crippen molar-refractivity contribution in [3.63, 3.8) is 0 Å². The molecule has 0 saturated carbocycles. The van der Waals surface area contributed by atoms with Crippen LogP contribution in [0.3, 0.4) is 0 Å². The molecule has 5 heteroatoms. The van der Waals surface area contributed by atoms with E-state index in [1.807, 2.05) is 6.07 Å². The minimum atomic E-state index is -0.337. The summed E-state index contributed by atoms with van der Waals surface area (Å²) < 4.78 is 0. The van der Waals surface area contributed by atoms with Crippen LogP contribution in [0.5, 0.6) is 0 Å². The molecule has 1 N–H and O–H groups in total. The number of nitrogens with zero attached hydrogens (tertiary/aromatic N) is 1. The Hall–Kier alpha value is -1.72. The molecule has 4 nitrogen and oxygen atoms in total. The molecular formula is C16H20N2O2S. The van der Waals surface area contributed by atoms with Crippen molar-refractivity contribution in [1.29, 1.82) is 0 Å². The highest BCUT2D eigenvalue weighted by Gasteiger charge is 2.14. The fourth-order valence-corrected chi connectivity index (χ4v) is 3.19. The van der Waals surface area contributed by atoms with E-state index < -0.39 is 0 Å². The summed E-state index contributed by atoms with van der Waals surface area (Å²) in [7, 11) is 0. The minimum absolute atomic E-state index is 0.149. The number of aryl methyl sites for hydroxylation is 1. The van der Waals surface area contributed by atoms with Crippen molar-refractivity contribution in [2.45, 2.75) is 39.3 Å². The third-order valence-corrected chi connectivity index (χ3v) is 4.56. The van der Waals surface area contributed by atoms with Crippen LogP contribution < -0.4 is 5.32 Å². The van der Waals surface area contributed by atoms with Gasteiger partial charge in [-0.15, -0.1) is 11.3 Å². The zero-order chi connectivity index (χ0) is 15.2. The Morgan fingerprint density at radius 1 is 1.38 bits per heavy atom. The Kier molecular flexibility index (Phi) is 5.47. The highest BCUT2D eigenvalue weighted by Crippen LogP contribution is 2.24. The maximum atomic E-state index is 10.9. The van der Waals surface area contributed by atoms with E-state index in [9.17, 15) is 10.1 Å². The van der Waals surface area contributed by atoms with Gasteiger partial charge in [-0.1, -0.05) is 25.5 Å². The monoisotopic (exact) mass is 304 g/mol. The van der Waals surface area contributed by atoms with E-state index in [-0.39, 0.29) is 16.7 Å². The van der Waals surface area contributed by atoms with Crippen molar-refractivity contribution in [2.75, 3.05) is 0 Å². The standard InChI is InChI=1S/C16H20N2O2S/c1-3-5-15(17-11-16-12(2)8-9-21-16)13-6-4-7-14(10-13)18(19)20/h4,6-10,15,17H,3,5,11H2,1-2H3. The zero-order valence-corrected chi connectivity index (χ0v) is 13.2. The molecule has 1 aromatic carbocycles. The number of non-ortho nitro benzene ring substituents is 1. The van der Waals surface area contributed by atoms with Crippen LogP contribution in [0.1, 0.15) is 41.8 Å². The molecule has 1 atom stereocenters. The minimum Gasteiger partial charge on any atom is -0.305 e. The lowest BCUT2D eigenvalue weighted by Crippen LogP contribution is -2.20. The van der Waals surface area contributed by atoms with Crippen LogP contribution in [0.2, 0.25) is 0 Å². The van der Waals surface area contributed by atoms with Gasteiger partial charge < -0.3 is 5.32 Å². The molecule has 0 aliphatic heterocycles. The second-order valence-electron chi connectivity index (χ2n) is 5.10. The van der Waals surface area contributed by atoms with Crippen LogP contribution in [0.4, 0.5) is 5.69 Å². The third-order valence-electron chi connectivity index (χ3n) is 3.54. The zero-order valence-electron chi connectivity index (χ0n) is 12.3. The third kappa shape index (κ3) is 4.12. The van der Waals surface area contributed by atoms with Crippen molar-refractivity contribution in [3.05, 3.63) is 61.8 Å². The summed E-state index contributed by atoms with van der Waals surface area (Å²) in [5, 5.41) is 16.5. The molecule has 0 amide bonds. The quantitative estimate of drug-likeness (QED) is 0.601. The second kappa shape index (κ2) is 7.33. The first-order chi connectivity index (χ1) is 10.1. The van der Waals surface area contributed by atoms with Crippen LogP contribution in [-0.2, 0) is 6.54 Å². The molecule has 0 saturated heterocycles. The molecule has 2 rings (SSSR count). The molecule has 2 aromatic rings. The topological polar surface area (TPSA) is 55.2 Å². The molecule has 0 bridgehead atoms. The van der Waals surface area contributed by atoms with E-state index in [2.05, 4.69) is 30.6 Å². The van der Waals surface area contributed by atoms with Crippen LogP contribution >= 0.6 is 11.3 Å². The lowest BCUT2D eigenvalue weighted by Gasteiger charge is -2.18. The Morgan fingerprint density at radius 2 is 2.19 bits per heavy atom. The molecule has 1 heterocycles. The SMILES string of the molecule is CCCC(NCc1sccc1C)c1cccc([N+](=O)[O-])c1. The summed E-state index contributed by atoms with van der Waals surface area (Å²) in [6.45, 7) is 5.04. The van der Waals surface area contributed by atoms with E-state index in [4.69, 9.17) is 0 Å². The maximum absolute atomic E-state index is 10.9. The van der Waals surface area contributed by atoms with Gasteiger partial charge in [0.25, 0.3) is 5.69 Å². The lowest BCUT2D eigenvalue weighted by atomic mass is 10.0. The smallest absolute Gasteiger partial charge is 0.269 e. The van der Waals surface area contributed by atoms with E-state index >= 15 is 0 Å². The molecule has 0 radical (unpaired) electrons. The van der Waals surface area contributed by atoms with Crippen molar-refractivity contribution in [2.24, 2.45) is 0 Å². The number of nitro benzene ring substituents is 1. The summed E-state index contributed by atoms with van der Waals surface area (Å²) in [6.07, 6.45) is 2.00. The van der Waals surface area contributed by atoms with Gasteiger partial charge in [0.1, 0.15) is 0 Å². The number of hydrogen-bond donors (Lipinski definition) is 1. The number of thiophene rings is 1. The van der Waals surface area contributed by atoms with Gasteiger partial charge in [-0.05, 0) is 35.9 Å². The first kappa shape index (κ1) is 15.7. The first-order valence-electron chi connectivity index (χ1n) is 7.12. The molecule has 21 heavy (non-hydrogen) atoms. The van der Waals surface area contributed by atoms with Crippen LogP contribution in [0.25, 0.3) is 0 Å². The van der Waals surface area contributed by atoms with Gasteiger partial charge in [0, 0.05) is 29.6 Å². The van der Waals surface area contributed by atoms with E-state index in [1.165, 1.54) is 16.5 Å². The van der Waals surface area contributed by atoms with Crippen molar-refractivity contribution in [3.8, 4) is 0 Å². The first-order valence-corrected chi connectivity index (χ1v) is 8.00. The Balaban J connectivity index is 2.12. The fraction of sp³-hybridized carbons (Fsp3) is 0.375. The van der Waals surface area contributed by atoms with Gasteiger partial charge in [-0.3, -0.25) is 10.1 Å². The molecule has 1 unspecified atom stereocenters. The summed E-state index contributed by atoms with van der Waals surface area (Å²) >= 11 is 1.74. The van der Waals surface area contributed by atoms with E-state index in [1.54, 1.807) is 23.5 Å². The van der Waals surface area contributed by atoms with Gasteiger partial charge in [0.2, 0.25) is 0 Å². The van der Waals surface area contributed by atoms with Crippen LogP contribution in [0, 0.1) is 17.0 Å². The van der Waals surface area contributed by atoms with Gasteiger partial charge in [-0.2, -0.15) is 0 Å². The maximum Gasteiger partial charge on any atom is 0.269 e. The molecular weight excluding hydrogens is 284 g/mol. The predicted octanol–water partition coefficient (Wildman–Crippen LogP) is 4.60. The molecule has 0 fully saturated rings. The number of benzene rings is 1. The average molecular weight is 304 g/mol. The average Bonchev–Trinajstić information content (AvgIpc) is 2.89. The van der Waals surface area contributed by atoms with E-state index in [0.717, 1.165) is 24.9 Å². The predicted molar refractivity (Wildman–Crippen MR) is 86.6 cm³/mol. The van der Waals surface area contributed by atoms with Crippen molar-refractivity contribution in [1.82, 2.24) is 5.32 Å². The number of rotatable bonds is 7. The molecule has 0 aliphatic rings. The summed E-state index contributed by atoms with van der Waals surface area (Å²) in [4.78, 5) is 11.9. The van der Waals surface area contributed by atoms with Gasteiger partial charge in [-0.25, -0.2) is 0 Å². The normalized spacial score (nSPS) is 12.3. The molecule has 0 spiro atoms. The van der Waals surface area contributed by atoms with Crippen LogP contribution in [0.15, 0.2) is 35.7 Å². The fourth-order valence-electron chi connectivity index (χ4n) is 2.33. The van der Waals surface area contributed by atoms with Crippen LogP contribution in [-0.4, -0.2) is 4.92 Å². The highest BCUT2D eigenvalue weighted by atomic mass is 32.1. The highest BCUT2D eigenvalue weighted by molar-refractivity contribution is 7.10. The molecule has 112 valence electrons. The van der Waals surface area contributed by atoms with Gasteiger partial charge in [0.15, 0.2) is 0 Å². The number of nitrogens with one attached hydrogen (secondary N) is 1. The second-order valence-corrected chi connectivity index (χ2v) is 6.10. The lowest BCUT2D eigenvalue weighted by molar-refractivity contribution is -0.384. The molecule has 1 aromatic heterocycles. The van der Waals surface area contributed by atoms with Gasteiger partial charge >= 0.3 is 0 Å². The van der Waals surface area contributed by atoms with Crippen molar-refractivity contribution < 1.29 is 4.92 Å². The Labute approximate surface area is 129 Å². The number of hydrogen-bond acceptors (Lipinski definition) is 4. The Morgan fingerprint density at radius 3 is 2.81 bits per heavy atom. The molecule has 0 aliphatic carbocycles. The summed E-state index contributed by atoms with van der Waals surface area (Å²) in [6, 6.07) is 9.20.